The van der Waals surface area contributed by atoms with E-state index in [-0.39, 0.29) is 0 Å². The first-order valence-electron chi connectivity index (χ1n) is 6.51. The molecule has 0 bridgehead atoms. The minimum atomic E-state index is 0.339. The predicted octanol–water partition coefficient (Wildman–Crippen LogP) is 2.99. The van der Waals surface area contributed by atoms with Crippen molar-refractivity contribution < 1.29 is 8.94 Å². The van der Waals surface area contributed by atoms with E-state index in [0.717, 1.165) is 36.2 Å². The maximum Gasteiger partial charge on any atom is 0.232 e. The van der Waals surface area contributed by atoms with Crippen LogP contribution in [-0.2, 0) is 6.54 Å². The van der Waals surface area contributed by atoms with Gasteiger partial charge in [0.15, 0.2) is 0 Å². The van der Waals surface area contributed by atoms with Crippen molar-refractivity contribution in [3.05, 3.63) is 47.6 Å². The molecule has 0 unspecified atom stereocenters. The molecule has 4 heterocycles. The van der Waals surface area contributed by atoms with Gasteiger partial charge in [0.05, 0.1) is 23.6 Å². The van der Waals surface area contributed by atoms with Gasteiger partial charge in [0.1, 0.15) is 5.76 Å². The van der Waals surface area contributed by atoms with Gasteiger partial charge in [0.25, 0.3) is 0 Å². The highest BCUT2D eigenvalue weighted by atomic mass is 32.1. The van der Waals surface area contributed by atoms with Crippen LogP contribution in [-0.4, -0.2) is 28.1 Å². The smallest absolute Gasteiger partial charge is 0.232 e. The van der Waals surface area contributed by atoms with Gasteiger partial charge in [-0.2, -0.15) is 4.98 Å². The van der Waals surface area contributed by atoms with E-state index in [0.29, 0.717) is 11.7 Å². The molecule has 0 atom stereocenters. The number of furan rings is 1. The third kappa shape index (κ3) is 2.17. The summed E-state index contributed by atoms with van der Waals surface area (Å²) in [6.07, 6.45) is 1.71. The zero-order valence-corrected chi connectivity index (χ0v) is 11.5. The fraction of sp³-hybridized carbons (Fsp3) is 0.286. The number of hydrogen-bond acceptors (Lipinski definition) is 6. The predicted molar refractivity (Wildman–Crippen MR) is 74.3 cm³/mol. The van der Waals surface area contributed by atoms with Crippen molar-refractivity contribution in [2.24, 2.45) is 0 Å². The van der Waals surface area contributed by atoms with Gasteiger partial charge in [-0.1, -0.05) is 11.2 Å². The lowest BCUT2D eigenvalue weighted by molar-refractivity contribution is 0.109. The molecule has 0 saturated carbocycles. The summed E-state index contributed by atoms with van der Waals surface area (Å²) < 4.78 is 10.7. The maximum atomic E-state index is 5.37. The molecule has 3 aromatic rings. The minimum absolute atomic E-state index is 0.339. The van der Waals surface area contributed by atoms with Crippen molar-refractivity contribution in [2.45, 2.75) is 12.5 Å². The quantitative estimate of drug-likeness (QED) is 0.738. The first-order valence-corrected chi connectivity index (χ1v) is 7.38. The summed E-state index contributed by atoms with van der Waals surface area (Å²) in [7, 11) is 0. The van der Waals surface area contributed by atoms with Crippen LogP contribution in [0.1, 0.15) is 17.6 Å². The monoisotopic (exact) mass is 287 g/mol. The molecule has 5 nitrogen and oxygen atoms in total. The topological polar surface area (TPSA) is 55.3 Å². The molecule has 20 heavy (non-hydrogen) atoms. The van der Waals surface area contributed by atoms with E-state index < -0.39 is 0 Å². The Morgan fingerprint density at radius 1 is 1.30 bits per heavy atom. The van der Waals surface area contributed by atoms with Crippen LogP contribution in [0.15, 0.2) is 44.8 Å². The van der Waals surface area contributed by atoms with Gasteiger partial charge in [0, 0.05) is 13.1 Å². The van der Waals surface area contributed by atoms with Gasteiger partial charge in [-0.3, -0.25) is 4.90 Å². The summed E-state index contributed by atoms with van der Waals surface area (Å²) in [4.78, 5) is 7.84. The molecule has 4 rings (SSSR count). The van der Waals surface area contributed by atoms with Gasteiger partial charge >= 0.3 is 0 Å². The molecule has 1 aliphatic rings. The summed E-state index contributed by atoms with van der Waals surface area (Å²) in [6, 6.07) is 7.90. The highest BCUT2D eigenvalue weighted by Gasteiger charge is 2.33. The second-order valence-corrected chi connectivity index (χ2v) is 5.85. The molecule has 0 spiro atoms. The SMILES string of the molecule is c1coc(CN2CC(c3nc(-c4cccs4)no3)C2)c1. The first-order chi connectivity index (χ1) is 9.88. The van der Waals surface area contributed by atoms with Crippen LogP contribution in [0.3, 0.4) is 0 Å². The number of likely N-dealkylation sites (tertiary alicyclic amines) is 1. The van der Waals surface area contributed by atoms with E-state index in [1.807, 2.05) is 29.6 Å². The van der Waals surface area contributed by atoms with Crippen LogP contribution in [0.4, 0.5) is 0 Å². The Kier molecular flexibility index (Phi) is 2.90. The van der Waals surface area contributed by atoms with E-state index in [9.17, 15) is 0 Å². The van der Waals surface area contributed by atoms with E-state index in [2.05, 4.69) is 15.0 Å². The average molecular weight is 287 g/mol. The second kappa shape index (κ2) is 4.88. The standard InChI is InChI=1S/C14H13N3O2S/c1-3-11(18-5-1)9-17-7-10(8-17)14-15-13(16-19-14)12-4-2-6-20-12/h1-6,10H,7-9H2. The highest BCUT2D eigenvalue weighted by Crippen LogP contribution is 2.29. The van der Waals surface area contributed by atoms with Crippen molar-refractivity contribution in [3.8, 4) is 10.7 Å². The Balaban J connectivity index is 1.39. The zero-order valence-electron chi connectivity index (χ0n) is 10.7. The average Bonchev–Trinajstić information content (AvgIpc) is 3.13. The zero-order chi connectivity index (χ0) is 13.4. The summed E-state index contributed by atoms with van der Waals surface area (Å²) in [6.45, 7) is 2.72. The normalized spacial score (nSPS) is 16.4. The molecule has 6 heteroatoms. The van der Waals surface area contributed by atoms with E-state index in [1.54, 1.807) is 17.6 Å². The molecule has 102 valence electrons. The third-order valence-electron chi connectivity index (χ3n) is 3.45. The van der Waals surface area contributed by atoms with Crippen molar-refractivity contribution >= 4 is 11.3 Å². The first kappa shape index (κ1) is 11.9. The molecular formula is C14H13N3O2S. The van der Waals surface area contributed by atoms with Crippen LogP contribution in [0.25, 0.3) is 10.7 Å². The van der Waals surface area contributed by atoms with Crippen molar-refractivity contribution in [2.75, 3.05) is 13.1 Å². The number of thiophene rings is 1. The molecule has 0 aromatic carbocycles. The van der Waals surface area contributed by atoms with Gasteiger partial charge in [-0.25, -0.2) is 0 Å². The lowest BCUT2D eigenvalue weighted by Gasteiger charge is -2.36. The van der Waals surface area contributed by atoms with Crippen LogP contribution >= 0.6 is 11.3 Å². The van der Waals surface area contributed by atoms with Gasteiger partial charge in [-0.15, -0.1) is 11.3 Å². The molecule has 0 amide bonds. The molecule has 1 fully saturated rings. The van der Waals surface area contributed by atoms with Crippen molar-refractivity contribution in [1.82, 2.24) is 15.0 Å². The Morgan fingerprint density at radius 2 is 2.25 bits per heavy atom. The van der Waals surface area contributed by atoms with Gasteiger partial charge < -0.3 is 8.94 Å². The van der Waals surface area contributed by atoms with Crippen molar-refractivity contribution in [1.29, 1.82) is 0 Å². The highest BCUT2D eigenvalue weighted by molar-refractivity contribution is 7.13. The van der Waals surface area contributed by atoms with E-state index in [1.165, 1.54) is 0 Å². The molecule has 3 aromatic heterocycles. The van der Waals surface area contributed by atoms with Crippen molar-refractivity contribution in [3.63, 3.8) is 0 Å². The number of aromatic nitrogens is 2. The minimum Gasteiger partial charge on any atom is -0.468 e. The van der Waals surface area contributed by atoms with Gasteiger partial charge in [0.2, 0.25) is 11.7 Å². The summed E-state index contributed by atoms with van der Waals surface area (Å²) in [5, 5.41) is 6.06. The van der Waals surface area contributed by atoms with Crippen LogP contribution in [0, 0.1) is 0 Å². The molecule has 0 radical (unpaired) electrons. The number of hydrogen-bond donors (Lipinski definition) is 0. The third-order valence-corrected chi connectivity index (χ3v) is 4.32. The summed E-state index contributed by atoms with van der Waals surface area (Å²) in [5.74, 6) is 2.77. The Labute approximate surface area is 119 Å². The van der Waals surface area contributed by atoms with E-state index >= 15 is 0 Å². The lowest BCUT2D eigenvalue weighted by Crippen LogP contribution is -2.44. The maximum absolute atomic E-state index is 5.37. The van der Waals surface area contributed by atoms with Gasteiger partial charge in [-0.05, 0) is 23.6 Å². The summed E-state index contributed by atoms with van der Waals surface area (Å²) >= 11 is 1.62. The Hall–Kier alpha value is -1.92. The van der Waals surface area contributed by atoms with E-state index in [4.69, 9.17) is 8.94 Å². The number of nitrogens with zero attached hydrogens (tertiary/aromatic N) is 3. The fourth-order valence-corrected chi connectivity index (χ4v) is 3.03. The molecule has 1 aliphatic heterocycles. The molecular weight excluding hydrogens is 274 g/mol. The van der Waals surface area contributed by atoms with Crippen LogP contribution in [0.5, 0.6) is 0 Å². The molecule has 0 aliphatic carbocycles. The lowest BCUT2D eigenvalue weighted by atomic mass is 10.00. The Bertz CT molecular complexity index is 669. The summed E-state index contributed by atoms with van der Waals surface area (Å²) in [5.41, 5.74) is 0. The Morgan fingerprint density at radius 3 is 3.00 bits per heavy atom. The largest absolute Gasteiger partial charge is 0.468 e. The van der Waals surface area contributed by atoms with Crippen LogP contribution in [0.2, 0.25) is 0 Å². The second-order valence-electron chi connectivity index (χ2n) is 4.90. The fourth-order valence-electron chi connectivity index (χ4n) is 2.38. The van der Waals surface area contributed by atoms with Crippen LogP contribution < -0.4 is 0 Å². The molecule has 1 saturated heterocycles. The molecule has 0 N–H and O–H groups in total. The number of rotatable bonds is 4.